The highest BCUT2D eigenvalue weighted by Gasteiger charge is 2.16. The molecule has 0 heterocycles. The van der Waals surface area contributed by atoms with Crippen LogP contribution in [0.15, 0.2) is 18.2 Å². The van der Waals surface area contributed by atoms with E-state index >= 15 is 0 Å². The number of benzene rings is 1. The molecule has 0 atom stereocenters. The molecule has 0 aliphatic heterocycles. The van der Waals surface area contributed by atoms with E-state index in [-0.39, 0.29) is 5.02 Å². The van der Waals surface area contributed by atoms with Gasteiger partial charge in [0.25, 0.3) is 0 Å². The van der Waals surface area contributed by atoms with E-state index in [1.54, 1.807) is 6.07 Å². The minimum absolute atomic E-state index is 0.0815. The summed E-state index contributed by atoms with van der Waals surface area (Å²) in [4.78, 5) is 1.52. The maximum Gasteiger partial charge on any atom is 0.170 e. The number of rotatable bonds is 6. The molecule has 0 amide bonds. The van der Waals surface area contributed by atoms with E-state index in [0.717, 1.165) is 13.1 Å². The third-order valence-electron chi connectivity index (χ3n) is 3.36. The fourth-order valence-corrected chi connectivity index (χ4v) is 2.71. The van der Waals surface area contributed by atoms with E-state index in [1.165, 1.54) is 17.0 Å². The molecular weight excluding hydrogens is 309 g/mol. The van der Waals surface area contributed by atoms with Gasteiger partial charge in [-0.2, -0.15) is 0 Å². The molecule has 118 valence electrons. The number of halogens is 2. The molecule has 1 rings (SSSR count). The average molecular weight is 333 g/mol. The summed E-state index contributed by atoms with van der Waals surface area (Å²) >= 11 is 11.0. The van der Waals surface area contributed by atoms with Gasteiger partial charge in [0.05, 0.1) is 30.2 Å². The van der Waals surface area contributed by atoms with Crippen LogP contribution in [-0.2, 0) is 0 Å². The highest BCUT2D eigenvalue weighted by molar-refractivity contribution is 7.80. The highest BCUT2D eigenvalue weighted by atomic mass is 35.5. The predicted molar refractivity (Wildman–Crippen MR) is 91.7 cm³/mol. The molecule has 1 aromatic rings. The average Bonchev–Trinajstić information content (AvgIpc) is 2.38. The van der Waals surface area contributed by atoms with Gasteiger partial charge in [0.15, 0.2) is 5.11 Å². The summed E-state index contributed by atoms with van der Waals surface area (Å²) in [5, 5.41) is 6.77. The molecule has 0 aliphatic rings. The fourth-order valence-electron chi connectivity index (χ4n) is 2.31. The molecule has 0 saturated heterocycles. The first-order valence-corrected chi connectivity index (χ1v) is 7.95. The zero-order chi connectivity index (χ0) is 16.0. The molecule has 0 aliphatic carbocycles. The summed E-state index contributed by atoms with van der Waals surface area (Å²) in [6.07, 6.45) is 0. The second-order valence-electron chi connectivity index (χ2n) is 5.64. The van der Waals surface area contributed by atoms with Crippen molar-refractivity contribution in [1.82, 2.24) is 5.32 Å². The summed E-state index contributed by atoms with van der Waals surface area (Å²) in [6.45, 7) is 10.6. The maximum atomic E-state index is 13.1. The van der Waals surface area contributed by atoms with Crippen LogP contribution >= 0.6 is 23.8 Å². The Balaban J connectivity index is 2.42. The van der Waals surface area contributed by atoms with Crippen LogP contribution < -0.4 is 15.5 Å². The lowest BCUT2D eigenvalue weighted by Crippen LogP contribution is -3.18. The third-order valence-corrected chi connectivity index (χ3v) is 3.90. The predicted octanol–water partition coefficient (Wildman–Crippen LogP) is 2.47. The lowest BCUT2D eigenvalue weighted by molar-refractivity contribution is -0.941. The van der Waals surface area contributed by atoms with Crippen molar-refractivity contribution in [1.29, 1.82) is 0 Å². The van der Waals surface area contributed by atoms with Crippen molar-refractivity contribution in [2.45, 2.75) is 39.8 Å². The highest BCUT2D eigenvalue weighted by Crippen LogP contribution is 2.19. The van der Waals surface area contributed by atoms with Gasteiger partial charge in [0, 0.05) is 5.69 Å². The van der Waals surface area contributed by atoms with Crippen LogP contribution in [0.5, 0.6) is 0 Å². The van der Waals surface area contributed by atoms with Crippen molar-refractivity contribution in [3.8, 4) is 0 Å². The molecule has 0 radical (unpaired) electrons. The van der Waals surface area contributed by atoms with E-state index in [2.05, 4.69) is 38.3 Å². The molecule has 0 bridgehead atoms. The first-order chi connectivity index (χ1) is 9.81. The van der Waals surface area contributed by atoms with Gasteiger partial charge in [-0.1, -0.05) is 11.6 Å². The number of anilines is 1. The van der Waals surface area contributed by atoms with E-state index < -0.39 is 5.82 Å². The van der Waals surface area contributed by atoms with E-state index in [0.29, 0.717) is 22.9 Å². The van der Waals surface area contributed by atoms with Gasteiger partial charge in [-0.25, -0.2) is 4.39 Å². The topological polar surface area (TPSA) is 28.5 Å². The minimum Gasteiger partial charge on any atom is -0.357 e. The Labute approximate surface area is 136 Å². The zero-order valence-electron chi connectivity index (χ0n) is 13.0. The van der Waals surface area contributed by atoms with Crippen LogP contribution in [0.1, 0.15) is 27.7 Å². The van der Waals surface area contributed by atoms with Crippen molar-refractivity contribution in [3.05, 3.63) is 29.0 Å². The molecule has 0 unspecified atom stereocenters. The molecule has 1 aromatic carbocycles. The van der Waals surface area contributed by atoms with Crippen LogP contribution in [-0.4, -0.2) is 30.3 Å². The standard InChI is InChI=1S/C15H23ClFN3S/c1-10(2)20(11(3)4)8-7-18-15(21)19-12-5-6-14(17)13(16)9-12/h5-6,9-11H,7-8H2,1-4H3,(H2,18,19,21)/p+1. The number of quaternary nitrogens is 1. The zero-order valence-corrected chi connectivity index (χ0v) is 14.5. The molecule has 3 nitrogen and oxygen atoms in total. The summed E-state index contributed by atoms with van der Waals surface area (Å²) in [7, 11) is 0. The molecule has 0 spiro atoms. The molecule has 3 N–H and O–H groups in total. The Hall–Kier alpha value is -0.910. The van der Waals surface area contributed by atoms with Gasteiger partial charge in [-0.15, -0.1) is 0 Å². The monoisotopic (exact) mass is 332 g/mol. The Kier molecular flexibility index (Phi) is 7.35. The Morgan fingerprint density at radius 2 is 1.90 bits per heavy atom. The van der Waals surface area contributed by atoms with Crippen LogP contribution in [0.3, 0.4) is 0 Å². The lowest BCUT2D eigenvalue weighted by atomic mass is 10.2. The van der Waals surface area contributed by atoms with Crippen LogP contribution in [0.2, 0.25) is 5.02 Å². The first-order valence-electron chi connectivity index (χ1n) is 7.16. The summed E-state index contributed by atoms with van der Waals surface area (Å²) in [6, 6.07) is 5.59. The summed E-state index contributed by atoms with van der Waals surface area (Å²) < 4.78 is 13.1. The fraction of sp³-hybridized carbons (Fsp3) is 0.533. The number of hydrogen-bond acceptors (Lipinski definition) is 1. The number of thiocarbonyl (C=S) groups is 1. The van der Waals surface area contributed by atoms with Gasteiger partial charge in [0.1, 0.15) is 5.82 Å². The van der Waals surface area contributed by atoms with E-state index in [1.807, 2.05) is 0 Å². The van der Waals surface area contributed by atoms with Crippen molar-refractivity contribution < 1.29 is 9.29 Å². The Morgan fingerprint density at radius 1 is 1.29 bits per heavy atom. The van der Waals surface area contributed by atoms with Crippen LogP contribution in [0.4, 0.5) is 10.1 Å². The number of hydrogen-bond donors (Lipinski definition) is 3. The third kappa shape index (κ3) is 6.16. The molecule has 6 heteroatoms. The normalized spacial score (nSPS) is 11.3. The van der Waals surface area contributed by atoms with E-state index in [4.69, 9.17) is 23.8 Å². The van der Waals surface area contributed by atoms with Crippen LogP contribution in [0, 0.1) is 5.82 Å². The molecule has 0 saturated carbocycles. The van der Waals surface area contributed by atoms with Gasteiger partial charge >= 0.3 is 0 Å². The Morgan fingerprint density at radius 3 is 2.43 bits per heavy atom. The first kappa shape index (κ1) is 18.1. The summed E-state index contributed by atoms with van der Waals surface area (Å²) in [5.74, 6) is -0.436. The molecular formula is C15H24ClFN3S+. The van der Waals surface area contributed by atoms with Crippen molar-refractivity contribution in [2.24, 2.45) is 0 Å². The van der Waals surface area contributed by atoms with Gasteiger partial charge in [-0.05, 0) is 58.1 Å². The van der Waals surface area contributed by atoms with Crippen molar-refractivity contribution in [2.75, 3.05) is 18.4 Å². The van der Waals surface area contributed by atoms with Crippen molar-refractivity contribution >= 4 is 34.6 Å². The largest absolute Gasteiger partial charge is 0.357 e. The smallest absolute Gasteiger partial charge is 0.170 e. The van der Waals surface area contributed by atoms with Crippen LogP contribution in [0.25, 0.3) is 0 Å². The minimum atomic E-state index is -0.436. The quantitative estimate of drug-likeness (QED) is 0.699. The van der Waals surface area contributed by atoms with E-state index in [9.17, 15) is 4.39 Å². The van der Waals surface area contributed by atoms with Gasteiger partial charge < -0.3 is 15.5 Å². The second kappa shape index (κ2) is 8.51. The molecule has 0 aromatic heterocycles. The number of nitrogens with one attached hydrogen (secondary N) is 3. The van der Waals surface area contributed by atoms with Crippen molar-refractivity contribution in [3.63, 3.8) is 0 Å². The van der Waals surface area contributed by atoms with Gasteiger partial charge in [-0.3, -0.25) is 0 Å². The molecule has 0 fully saturated rings. The molecule has 21 heavy (non-hydrogen) atoms. The summed E-state index contributed by atoms with van der Waals surface area (Å²) in [5.41, 5.74) is 0.677. The lowest BCUT2D eigenvalue weighted by Gasteiger charge is -2.27. The maximum absolute atomic E-state index is 13.1. The SMILES string of the molecule is CC(C)[NH+](CCNC(=S)Nc1ccc(F)c(Cl)c1)C(C)C. The van der Waals surface area contributed by atoms with Gasteiger partial charge in [0.2, 0.25) is 0 Å². The second-order valence-corrected chi connectivity index (χ2v) is 6.46. The Bertz CT molecular complexity index is 472.